The monoisotopic (exact) mass is 320 g/mol. The highest BCUT2D eigenvalue weighted by Gasteiger charge is 2.30. The maximum atomic E-state index is 12.7. The first-order chi connectivity index (χ1) is 10.9. The molecule has 118 valence electrons. The molecule has 0 atom stereocenters. The van der Waals surface area contributed by atoms with Crippen LogP contribution in [0, 0.1) is 0 Å². The summed E-state index contributed by atoms with van der Waals surface area (Å²) in [5.74, 6) is 0.361. The van der Waals surface area contributed by atoms with Gasteiger partial charge >= 0.3 is 12.2 Å². The van der Waals surface area contributed by atoms with Gasteiger partial charge in [0.25, 0.3) is 0 Å². The predicted octanol–water partition coefficient (Wildman–Crippen LogP) is 4.04. The lowest BCUT2D eigenvalue weighted by Crippen LogP contribution is -2.33. The summed E-state index contributed by atoms with van der Waals surface area (Å²) in [6.45, 7) is 0. The van der Waals surface area contributed by atoms with Crippen molar-refractivity contribution in [2.24, 2.45) is 0 Å². The van der Waals surface area contributed by atoms with Gasteiger partial charge in [-0.15, -0.1) is 0 Å². The first kappa shape index (κ1) is 14.9. The van der Waals surface area contributed by atoms with Crippen molar-refractivity contribution in [2.45, 2.75) is 6.18 Å². The first-order valence-corrected chi connectivity index (χ1v) is 6.61. The van der Waals surface area contributed by atoms with Crippen LogP contribution in [0.2, 0.25) is 0 Å². The summed E-state index contributed by atoms with van der Waals surface area (Å²) in [6.07, 6.45) is 0.0298. The largest absolute Gasteiger partial charge is 0.416 e. The molecule has 2 aromatic rings. The molecule has 0 saturated heterocycles. The molecule has 0 fully saturated rings. The van der Waals surface area contributed by atoms with E-state index >= 15 is 0 Å². The molecular weight excluding hydrogens is 309 g/mol. The Morgan fingerprint density at radius 2 is 2.04 bits per heavy atom. The van der Waals surface area contributed by atoms with Gasteiger partial charge in [-0.25, -0.2) is 14.7 Å². The van der Waals surface area contributed by atoms with Crippen molar-refractivity contribution in [1.29, 1.82) is 0 Å². The van der Waals surface area contributed by atoms with Crippen molar-refractivity contribution in [3.63, 3.8) is 0 Å². The number of fused-ring (bicyclic) bond motifs is 1. The summed E-state index contributed by atoms with van der Waals surface area (Å²) in [6, 6.07) is 7.27. The number of hydrogen-bond acceptors (Lipinski definition) is 3. The fourth-order valence-electron chi connectivity index (χ4n) is 2.09. The highest BCUT2D eigenvalue weighted by Crippen LogP contribution is 2.31. The zero-order valence-corrected chi connectivity index (χ0v) is 11.6. The molecule has 0 spiro atoms. The van der Waals surface area contributed by atoms with Gasteiger partial charge in [-0.05, 0) is 30.3 Å². The molecule has 5 nitrogen and oxygen atoms in total. The predicted molar refractivity (Wildman–Crippen MR) is 79.9 cm³/mol. The molecule has 1 aliphatic rings. The van der Waals surface area contributed by atoms with E-state index in [0.29, 0.717) is 11.5 Å². The molecule has 0 unspecified atom stereocenters. The Morgan fingerprint density at radius 1 is 1.22 bits per heavy atom. The zero-order valence-electron chi connectivity index (χ0n) is 11.6. The number of benzene rings is 1. The number of carbonyl (C=O) groups excluding carboxylic acids is 1. The van der Waals surface area contributed by atoms with Crippen molar-refractivity contribution in [3.8, 4) is 0 Å². The van der Waals surface area contributed by atoms with E-state index in [-0.39, 0.29) is 5.69 Å². The Morgan fingerprint density at radius 3 is 2.83 bits per heavy atom. The van der Waals surface area contributed by atoms with Crippen LogP contribution in [-0.4, -0.2) is 11.0 Å². The van der Waals surface area contributed by atoms with Crippen LogP contribution < -0.4 is 15.5 Å². The van der Waals surface area contributed by atoms with E-state index in [2.05, 4.69) is 15.6 Å². The fraction of sp³-hybridized carbons (Fsp3) is 0.0667. The number of alkyl halides is 3. The number of amides is 2. The highest BCUT2D eigenvalue weighted by molar-refractivity contribution is 6.04. The summed E-state index contributed by atoms with van der Waals surface area (Å²) >= 11 is 0. The Labute approximate surface area is 129 Å². The lowest BCUT2D eigenvalue weighted by Gasteiger charge is -2.24. The molecule has 2 amide bonds. The number of halogens is 3. The summed E-state index contributed by atoms with van der Waals surface area (Å²) in [7, 11) is 0. The molecule has 23 heavy (non-hydrogen) atoms. The van der Waals surface area contributed by atoms with Crippen LogP contribution in [0.15, 0.2) is 55.0 Å². The Balaban J connectivity index is 1.83. The molecule has 0 radical (unpaired) electrons. The minimum atomic E-state index is -4.47. The summed E-state index contributed by atoms with van der Waals surface area (Å²) < 4.78 is 38.1. The van der Waals surface area contributed by atoms with E-state index in [1.165, 1.54) is 35.6 Å². The quantitative estimate of drug-likeness (QED) is 0.834. The van der Waals surface area contributed by atoms with Gasteiger partial charge < -0.3 is 10.6 Å². The van der Waals surface area contributed by atoms with E-state index in [4.69, 9.17) is 0 Å². The number of hydrogen-bond donors (Lipinski definition) is 2. The number of nitrogens with one attached hydrogen (secondary N) is 2. The highest BCUT2D eigenvalue weighted by atomic mass is 19.4. The molecule has 0 saturated carbocycles. The lowest BCUT2D eigenvalue weighted by molar-refractivity contribution is -0.137. The third-order valence-corrected chi connectivity index (χ3v) is 3.14. The van der Waals surface area contributed by atoms with Crippen molar-refractivity contribution in [3.05, 3.63) is 60.6 Å². The van der Waals surface area contributed by atoms with Crippen LogP contribution in [0.4, 0.5) is 35.2 Å². The minimum Gasteiger partial charge on any atom is -0.357 e. The van der Waals surface area contributed by atoms with Crippen LogP contribution in [0.5, 0.6) is 0 Å². The maximum absolute atomic E-state index is 12.7. The lowest BCUT2D eigenvalue weighted by atomic mass is 10.2. The number of rotatable bonds is 1. The second-order valence-corrected chi connectivity index (χ2v) is 4.71. The van der Waals surface area contributed by atoms with E-state index < -0.39 is 17.8 Å². The van der Waals surface area contributed by atoms with Crippen LogP contribution >= 0.6 is 0 Å². The summed E-state index contributed by atoms with van der Waals surface area (Å²) in [5.41, 5.74) is -0.159. The second-order valence-electron chi connectivity index (χ2n) is 4.71. The molecule has 1 aliphatic heterocycles. The SMILES string of the molecule is O=C(Nc1cccc(C(F)(F)F)c1)N1C=CNc2cccnc21. The second kappa shape index (κ2) is 5.64. The van der Waals surface area contributed by atoms with Gasteiger partial charge in [0, 0.05) is 24.3 Å². The van der Waals surface area contributed by atoms with Gasteiger partial charge in [0.15, 0.2) is 5.82 Å². The number of aromatic nitrogens is 1. The fourth-order valence-corrected chi connectivity index (χ4v) is 2.09. The standard InChI is InChI=1S/C15H11F3N4O/c16-15(17,18)10-3-1-4-11(9-10)21-14(23)22-8-7-19-12-5-2-6-20-13(12)22/h1-9,19H,(H,21,23). The molecule has 2 N–H and O–H groups in total. The van der Waals surface area contributed by atoms with Crippen molar-refractivity contribution in [1.82, 2.24) is 4.98 Å². The van der Waals surface area contributed by atoms with E-state index in [1.54, 1.807) is 12.1 Å². The topological polar surface area (TPSA) is 57.3 Å². The number of carbonyl (C=O) groups is 1. The van der Waals surface area contributed by atoms with E-state index in [9.17, 15) is 18.0 Å². The Hall–Kier alpha value is -3.03. The normalized spacial score (nSPS) is 13.3. The van der Waals surface area contributed by atoms with Crippen molar-refractivity contribution >= 4 is 23.2 Å². The number of nitrogens with zero attached hydrogens (tertiary/aromatic N) is 2. The molecule has 1 aromatic heterocycles. The third kappa shape index (κ3) is 3.10. The first-order valence-electron chi connectivity index (χ1n) is 6.61. The van der Waals surface area contributed by atoms with Crippen LogP contribution in [0.25, 0.3) is 0 Å². The summed E-state index contributed by atoms with van der Waals surface area (Å²) in [4.78, 5) is 17.6. The van der Waals surface area contributed by atoms with E-state index in [1.807, 2.05) is 0 Å². The van der Waals surface area contributed by atoms with Crippen molar-refractivity contribution in [2.75, 3.05) is 15.5 Å². The van der Waals surface area contributed by atoms with Gasteiger partial charge in [-0.3, -0.25) is 0 Å². The Kier molecular flexibility index (Phi) is 3.65. The molecule has 0 aliphatic carbocycles. The average molecular weight is 320 g/mol. The zero-order chi connectivity index (χ0) is 16.4. The smallest absolute Gasteiger partial charge is 0.357 e. The van der Waals surface area contributed by atoms with Gasteiger partial charge in [0.05, 0.1) is 11.3 Å². The van der Waals surface area contributed by atoms with Gasteiger partial charge in [-0.2, -0.15) is 13.2 Å². The third-order valence-electron chi connectivity index (χ3n) is 3.14. The Bertz CT molecular complexity index is 773. The minimum absolute atomic E-state index is 0.0502. The van der Waals surface area contributed by atoms with Crippen molar-refractivity contribution < 1.29 is 18.0 Å². The molecule has 2 heterocycles. The van der Waals surface area contributed by atoms with Crippen LogP contribution in [0.1, 0.15) is 5.56 Å². The van der Waals surface area contributed by atoms with Gasteiger partial charge in [0.2, 0.25) is 0 Å². The average Bonchev–Trinajstić information content (AvgIpc) is 2.53. The maximum Gasteiger partial charge on any atom is 0.416 e. The van der Waals surface area contributed by atoms with Gasteiger partial charge in [0.1, 0.15) is 0 Å². The van der Waals surface area contributed by atoms with Crippen LogP contribution in [-0.2, 0) is 6.18 Å². The molecule has 1 aromatic carbocycles. The summed E-state index contributed by atoms with van der Waals surface area (Å²) in [5, 5.41) is 5.36. The van der Waals surface area contributed by atoms with Gasteiger partial charge in [-0.1, -0.05) is 6.07 Å². The number of anilines is 3. The number of pyridine rings is 1. The molecule has 8 heteroatoms. The van der Waals surface area contributed by atoms with E-state index in [0.717, 1.165) is 12.1 Å². The molecule has 0 bridgehead atoms. The van der Waals surface area contributed by atoms with Crippen LogP contribution in [0.3, 0.4) is 0 Å². The molecular formula is C15H11F3N4O. The molecule has 3 rings (SSSR count). The number of urea groups is 1.